The van der Waals surface area contributed by atoms with E-state index in [2.05, 4.69) is 73.7 Å². The van der Waals surface area contributed by atoms with Gasteiger partial charge in [-0.15, -0.1) is 0 Å². The van der Waals surface area contributed by atoms with Crippen LogP contribution in [0.2, 0.25) is 0 Å². The van der Waals surface area contributed by atoms with E-state index in [1.54, 1.807) is 0 Å². The van der Waals surface area contributed by atoms with Gasteiger partial charge in [-0.25, -0.2) is 0 Å². The van der Waals surface area contributed by atoms with Gasteiger partial charge in [-0.05, 0) is 29.2 Å². The Labute approximate surface area is 144 Å². The fourth-order valence-corrected chi connectivity index (χ4v) is 2.73. The summed E-state index contributed by atoms with van der Waals surface area (Å²) < 4.78 is 6.03. The van der Waals surface area contributed by atoms with E-state index in [0.29, 0.717) is 6.61 Å². The summed E-state index contributed by atoms with van der Waals surface area (Å²) in [7, 11) is 0. The summed E-state index contributed by atoms with van der Waals surface area (Å²) in [5.74, 6) is 0. The van der Waals surface area contributed by atoms with Gasteiger partial charge in [0.2, 0.25) is 0 Å². The van der Waals surface area contributed by atoms with E-state index in [0.717, 1.165) is 0 Å². The van der Waals surface area contributed by atoms with Gasteiger partial charge in [0.25, 0.3) is 0 Å². The summed E-state index contributed by atoms with van der Waals surface area (Å²) in [6.45, 7) is 2.67. The molecule has 3 aromatic rings. The molecule has 3 aromatic carbocycles. The molecule has 0 unspecified atom stereocenters. The van der Waals surface area contributed by atoms with Crippen molar-refractivity contribution in [1.29, 1.82) is 0 Å². The first kappa shape index (κ1) is 16.2. The maximum atomic E-state index is 6.03. The Morgan fingerprint density at radius 1 is 0.750 bits per heavy atom. The van der Waals surface area contributed by atoms with Gasteiger partial charge in [-0.2, -0.15) is 0 Å². The minimum Gasteiger partial charge on any atom is -0.370 e. The van der Waals surface area contributed by atoms with Crippen LogP contribution in [0.5, 0.6) is 0 Å². The quantitative estimate of drug-likeness (QED) is 0.550. The fourth-order valence-electron chi connectivity index (χ4n) is 2.73. The summed E-state index contributed by atoms with van der Waals surface area (Å²) in [4.78, 5) is 0. The molecule has 0 aliphatic carbocycles. The summed E-state index contributed by atoms with van der Waals surface area (Å²) in [6, 6.07) is 31.2. The normalized spacial score (nSPS) is 11.7. The lowest BCUT2D eigenvalue weighted by Crippen LogP contribution is -2.00. The second kappa shape index (κ2) is 8.28. The third-order valence-electron chi connectivity index (χ3n) is 4.07. The van der Waals surface area contributed by atoms with Crippen LogP contribution in [0.4, 0.5) is 0 Å². The highest BCUT2D eigenvalue weighted by molar-refractivity contribution is 5.79. The molecular weight excluding hydrogens is 292 g/mol. The standard InChI is InChI=1S/C23H22O/c1-19(20-11-5-2-6-12-20)24-18-17-23(21-13-7-3-8-14-21)22-15-9-4-10-16-22/h2-17,19H,18H2,1H3/t19-/m1/s1. The molecular formula is C23H22O. The molecule has 1 atom stereocenters. The van der Waals surface area contributed by atoms with E-state index in [4.69, 9.17) is 4.74 Å². The second-order valence-corrected chi connectivity index (χ2v) is 5.74. The topological polar surface area (TPSA) is 9.23 Å². The Balaban J connectivity index is 1.78. The molecule has 0 heterocycles. The van der Waals surface area contributed by atoms with E-state index in [-0.39, 0.29) is 6.10 Å². The zero-order valence-corrected chi connectivity index (χ0v) is 13.9. The van der Waals surface area contributed by atoms with Crippen LogP contribution in [0, 0.1) is 0 Å². The van der Waals surface area contributed by atoms with Crippen LogP contribution in [0.15, 0.2) is 97.1 Å². The van der Waals surface area contributed by atoms with E-state index < -0.39 is 0 Å². The lowest BCUT2D eigenvalue weighted by atomic mass is 9.98. The average Bonchev–Trinajstić information content (AvgIpc) is 2.67. The fraction of sp³-hybridized carbons (Fsp3) is 0.130. The number of hydrogen-bond donors (Lipinski definition) is 0. The van der Waals surface area contributed by atoms with Crippen molar-refractivity contribution in [2.45, 2.75) is 13.0 Å². The highest BCUT2D eigenvalue weighted by atomic mass is 16.5. The Morgan fingerprint density at radius 2 is 1.21 bits per heavy atom. The van der Waals surface area contributed by atoms with Gasteiger partial charge in [0, 0.05) is 0 Å². The number of hydrogen-bond acceptors (Lipinski definition) is 1. The van der Waals surface area contributed by atoms with Crippen molar-refractivity contribution in [2.24, 2.45) is 0 Å². The highest BCUT2D eigenvalue weighted by Crippen LogP contribution is 2.24. The molecule has 0 amide bonds. The van der Waals surface area contributed by atoms with Gasteiger partial charge in [-0.1, -0.05) is 97.1 Å². The smallest absolute Gasteiger partial charge is 0.0801 e. The zero-order chi connectivity index (χ0) is 16.6. The van der Waals surface area contributed by atoms with Gasteiger partial charge in [0.1, 0.15) is 0 Å². The molecule has 120 valence electrons. The van der Waals surface area contributed by atoms with Crippen molar-refractivity contribution in [1.82, 2.24) is 0 Å². The zero-order valence-electron chi connectivity index (χ0n) is 13.9. The van der Waals surface area contributed by atoms with E-state index in [9.17, 15) is 0 Å². The Bertz CT molecular complexity index is 719. The van der Waals surface area contributed by atoms with Crippen LogP contribution in [0.1, 0.15) is 29.7 Å². The van der Waals surface area contributed by atoms with Crippen molar-refractivity contribution < 1.29 is 4.74 Å². The SMILES string of the molecule is C[C@@H](OCC=C(c1ccccc1)c1ccccc1)c1ccccc1. The molecule has 0 N–H and O–H groups in total. The predicted octanol–water partition coefficient (Wildman–Crippen LogP) is 5.90. The first-order chi connectivity index (χ1) is 11.8. The van der Waals surface area contributed by atoms with Gasteiger partial charge >= 0.3 is 0 Å². The lowest BCUT2D eigenvalue weighted by Gasteiger charge is -2.13. The molecule has 0 aromatic heterocycles. The largest absolute Gasteiger partial charge is 0.370 e. The van der Waals surface area contributed by atoms with Gasteiger partial charge in [0.15, 0.2) is 0 Å². The molecule has 0 bridgehead atoms. The molecule has 24 heavy (non-hydrogen) atoms. The number of rotatable bonds is 6. The first-order valence-corrected chi connectivity index (χ1v) is 8.32. The molecule has 0 aliphatic rings. The number of ether oxygens (including phenoxy) is 1. The monoisotopic (exact) mass is 314 g/mol. The van der Waals surface area contributed by atoms with Crippen molar-refractivity contribution in [2.75, 3.05) is 6.61 Å². The van der Waals surface area contributed by atoms with E-state index in [1.807, 2.05) is 30.3 Å². The summed E-state index contributed by atoms with van der Waals surface area (Å²) >= 11 is 0. The van der Waals surface area contributed by atoms with Crippen molar-refractivity contribution in [3.05, 3.63) is 114 Å². The third kappa shape index (κ3) is 4.21. The molecule has 0 spiro atoms. The average molecular weight is 314 g/mol. The first-order valence-electron chi connectivity index (χ1n) is 8.32. The lowest BCUT2D eigenvalue weighted by molar-refractivity contribution is 0.0888. The molecule has 0 aliphatic heterocycles. The van der Waals surface area contributed by atoms with Crippen molar-refractivity contribution >= 4 is 5.57 Å². The molecule has 0 fully saturated rings. The van der Waals surface area contributed by atoms with E-state index >= 15 is 0 Å². The van der Waals surface area contributed by atoms with Crippen LogP contribution in [0.3, 0.4) is 0 Å². The Morgan fingerprint density at radius 3 is 1.71 bits per heavy atom. The molecule has 0 radical (unpaired) electrons. The maximum absolute atomic E-state index is 6.03. The van der Waals surface area contributed by atoms with Crippen LogP contribution in [-0.4, -0.2) is 6.61 Å². The minimum atomic E-state index is 0.0789. The molecule has 0 saturated carbocycles. The van der Waals surface area contributed by atoms with Crippen LogP contribution in [-0.2, 0) is 4.74 Å². The Kier molecular flexibility index (Phi) is 5.60. The third-order valence-corrected chi connectivity index (χ3v) is 4.07. The van der Waals surface area contributed by atoms with Gasteiger partial charge in [-0.3, -0.25) is 0 Å². The maximum Gasteiger partial charge on any atom is 0.0801 e. The molecule has 3 rings (SSSR count). The molecule has 0 saturated heterocycles. The minimum absolute atomic E-state index is 0.0789. The summed E-state index contributed by atoms with van der Waals surface area (Å²) in [5.41, 5.74) is 4.82. The number of benzene rings is 3. The van der Waals surface area contributed by atoms with Gasteiger partial charge in [0.05, 0.1) is 12.7 Å². The van der Waals surface area contributed by atoms with Crippen LogP contribution < -0.4 is 0 Å². The Hall–Kier alpha value is -2.64. The molecule has 1 heteroatoms. The molecule has 1 nitrogen and oxygen atoms in total. The van der Waals surface area contributed by atoms with E-state index in [1.165, 1.54) is 22.3 Å². The van der Waals surface area contributed by atoms with Crippen LogP contribution in [0.25, 0.3) is 5.57 Å². The van der Waals surface area contributed by atoms with Gasteiger partial charge < -0.3 is 4.74 Å². The van der Waals surface area contributed by atoms with Crippen molar-refractivity contribution in [3.8, 4) is 0 Å². The van der Waals surface area contributed by atoms with Crippen LogP contribution >= 0.6 is 0 Å². The predicted molar refractivity (Wildman–Crippen MR) is 101 cm³/mol. The highest BCUT2D eigenvalue weighted by Gasteiger charge is 2.06. The van der Waals surface area contributed by atoms with Crippen molar-refractivity contribution in [3.63, 3.8) is 0 Å². The summed E-state index contributed by atoms with van der Waals surface area (Å²) in [6.07, 6.45) is 2.25. The second-order valence-electron chi connectivity index (χ2n) is 5.74. The summed E-state index contributed by atoms with van der Waals surface area (Å²) in [5, 5.41) is 0.